The van der Waals surface area contributed by atoms with Gasteiger partial charge >= 0.3 is 0 Å². The third kappa shape index (κ3) is 3.94. The quantitative estimate of drug-likeness (QED) is 0.394. The number of aliphatic hydroxyl groups is 1. The SMILES string of the molecule is CCCNC(=O)[C@@H]1[C@H]2C(=O)N(CCO)C(C(=O)NCCN3CCOCC3)C23CC[C@H]1O3. The first-order valence-corrected chi connectivity index (χ1v) is 11.5. The van der Waals surface area contributed by atoms with Gasteiger partial charge in [0.2, 0.25) is 17.7 Å². The van der Waals surface area contributed by atoms with Crippen LogP contribution in [0.15, 0.2) is 0 Å². The maximum absolute atomic E-state index is 13.3. The van der Waals surface area contributed by atoms with Crippen molar-refractivity contribution in [1.29, 1.82) is 0 Å². The van der Waals surface area contributed by atoms with Crippen LogP contribution in [0, 0.1) is 11.8 Å². The van der Waals surface area contributed by atoms with Gasteiger partial charge in [-0.25, -0.2) is 0 Å². The number of carbonyl (C=O) groups is 3. The van der Waals surface area contributed by atoms with E-state index in [9.17, 15) is 19.5 Å². The van der Waals surface area contributed by atoms with Crippen LogP contribution < -0.4 is 10.6 Å². The van der Waals surface area contributed by atoms with E-state index in [4.69, 9.17) is 9.47 Å². The molecule has 4 rings (SSSR count). The molecular weight excluding hydrogens is 404 g/mol. The summed E-state index contributed by atoms with van der Waals surface area (Å²) < 4.78 is 11.6. The molecule has 1 spiro atoms. The topological polar surface area (TPSA) is 120 Å². The van der Waals surface area contributed by atoms with E-state index in [2.05, 4.69) is 15.5 Å². The van der Waals surface area contributed by atoms with E-state index >= 15 is 0 Å². The van der Waals surface area contributed by atoms with Crippen molar-refractivity contribution in [3.05, 3.63) is 0 Å². The predicted molar refractivity (Wildman–Crippen MR) is 110 cm³/mol. The first-order valence-electron chi connectivity index (χ1n) is 11.5. The van der Waals surface area contributed by atoms with Gasteiger partial charge in [-0.05, 0) is 19.3 Å². The molecule has 0 saturated carbocycles. The maximum Gasteiger partial charge on any atom is 0.245 e. The number of amides is 3. The van der Waals surface area contributed by atoms with Gasteiger partial charge in [-0.1, -0.05) is 6.92 Å². The highest BCUT2D eigenvalue weighted by molar-refractivity contribution is 5.98. The van der Waals surface area contributed by atoms with Gasteiger partial charge in [-0.3, -0.25) is 19.3 Å². The second kappa shape index (κ2) is 9.40. The standard InChI is InChI=1S/C21H34N4O6/c1-2-5-22-18(27)15-14-3-4-21(31-14)16(15)20(29)25(8-11-26)17(21)19(28)23-6-7-24-9-12-30-13-10-24/h14-17,26H,2-13H2,1H3,(H,22,27)(H,23,28)/t14-,15+,16+,17?,21?/m1/s1. The molecule has 31 heavy (non-hydrogen) atoms. The Morgan fingerprint density at radius 2 is 1.90 bits per heavy atom. The van der Waals surface area contributed by atoms with Crippen molar-refractivity contribution in [3.63, 3.8) is 0 Å². The number of nitrogens with zero attached hydrogens (tertiary/aromatic N) is 2. The van der Waals surface area contributed by atoms with Crippen LogP contribution in [0.25, 0.3) is 0 Å². The molecule has 0 radical (unpaired) electrons. The highest BCUT2D eigenvalue weighted by atomic mass is 16.5. The third-order valence-electron chi connectivity index (χ3n) is 7.07. The lowest BCUT2D eigenvalue weighted by atomic mass is 9.70. The molecule has 2 unspecified atom stereocenters. The number of ether oxygens (including phenoxy) is 2. The molecule has 4 aliphatic rings. The van der Waals surface area contributed by atoms with Crippen molar-refractivity contribution in [2.75, 3.05) is 59.1 Å². The zero-order valence-corrected chi connectivity index (χ0v) is 18.2. The summed E-state index contributed by atoms with van der Waals surface area (Å²) in [6.45, 7) is 6.53. The highest BCUT2D eigenvalue weighted by Gasteiger charge is 2.74. The van der Waals surface area contributed by atoms with Gasteiger partial charge in [0.25, 0.3) is 0 Å². The van der Waals surface area contributed by atoms with Crippen LogP contribution in [-0.2, 0) is 23.9 Å². The average Bonchev–Trinajstić information content (AvgIpc) is 3.41. The van der Waals surface area contributed by atoms with E-state index in [1.807, 2.05) is 6.92 Å². The monoisotopic (exact) mass is 438 g/mol. The molecule has 4 fully saturated rings. The zero-order chi connectivity index (χ0) is 22.0. The molecule has 3 amide bonds. The third-order valence-corrected chi connectivity index (χ3v) is 7.07. The van der Waals surface area contributed by atoms with Crippen molar-refractivity contribution >= 4 is 17.7 Å². The number of hydrogen-bond acceptors (Lipinski definition) is 7. The number of carbonyl (C=O) groups excluding carboxylic acids is 3. The first-order chi connectivity index (χ1) is 15.0. The van der Waals surface area contributed by atoms with Crippen LogP contribution in [0.2, 0.25) is 0 Å². The summed E-state index contributed by atoms with van der Waals surface area (Å²) in [5, 5.41) is 15.4. The Hall–Kier alpha value is -1.75. The molecule has 4 saturated heterocycles. The molecule has 2 bridgehead atoms. The van der Waals surface area contributed by atoms with Crippen LogP contribution in [0.1, 0.15) is 26.2 Å². The second-order valence-corrected chi connectivity index (χ2v) is 8.85. The van der Waals surface area contributed by atoms with Gasteiger partial charge in [-0.2, -0.15) is 0 Å². The summed E-state index contributed by atoms with van der Waals surface area (Å²) in [5.41, 5.74) is -0.992. The zero-order valence-electron chi connectivity index (χ0n) is 18.2. The van der Waals surface area contributed by atoms with Crippen LogP contribution >= 0.6 is 0 Å². The fourth-order valence-electron chi connectivity index (χ4n) is 5.73. The average molecular weight is 439 g/mol. The number of likely N-dealkylation sites (tertiary alicyclic amines) is 1. The summed E-state index contributed by atoms with van der Waals surface area (Å²) in [6, 6.07) is -0.823. The summed E-state index contributed by atoms with van der Waals surface area (Å²) in [6.07, 6.45) is 1.68. The van der Waals surface area contributed by atoms with E-state index in [0.29, 0.717) is 45.7 Å². The molecule has 174 valence electrons. The Bertz CT molecular complexity index is 699. The minimum atomic E-state index is -0.992. The predicted octanol–water partition coefficient (Wildman–Crippen LogP) is -1.67. The second-order valence-electron chi connectivity index (χ2n) is 8.85. The molecule has 0 aromatic carbocycles. The Morgan fingerprint density at radius 3 is 2.61 bits per heavy atom. The van der Waals surface area contributed by atoms with Gasteiger partial charge in [-0.15, -0.1) is 0 Å². The number of rotatable bonds is 9. The van der Waals surface area contributed by atoms with Gasteiger partial charge in [0, 0.05) is 39.3 Å². The van der Waals surface area contributed by atoms with E-state index in [-0.39, 0.29) is 37.0 Å². The summed E-state index contributed by atoms with van der Waals surface area (Å²) >= 11 is 0. The number of nitrogens with one attached hydrogen (secondary N) is 2. The molecule has 0 aromatic heterocycles. The normalized spacial score (nSPS) is 34.8. The van der Waals surface area contributed by atoms with E-state index in [0.717, 1.165) is 19.5 Å². The van der Waals surface area contributed by atoms with Crippen LogP contribution in [0.5, 0.6) is 0 Å². The fraction of sp³-hybridized carbons (Fsp3) is 0.857. The molecule has 5 atom stereocenters. The Balaban J connectivity index is 1.49. The lowest BCUT2D eigenvalue weighted by Gasteiger charge is -2.33. The number of fused-ring (bicyclic) bond motifs is 1. The van der Waals surface area contributed by atoms with Gasteiger partial charge < -0.3 is 30.1 Å². The number of morpholine rings is 1. The van der Waals surface area contributed by atoms with E-state index < -0.39 is 23.5 Å². The lowest BCUT2D eigenvalue weighted by Crippen LogP contribution is -2.56. The van der Waals surface area contributed by atoms with Gasteiger partial charge in [0.1, 0.15) is 11.6 Å². The van der Waals surface area contributed by atoms with Crippen molar-refractivity contribution in [3.8, 4) is 0 Å². The number of hydrogen-bond donors (Lipinski definition) is 3. The van der Waals surface area contributed by atoms with Crippen molar-refractivity contribution in [2.45, 2.75) is 43.9 Å². The molecule has 4 heterocycles. The van der Waals surface area contributed by atoms with E-state index in [1.165, 1.54) is 4.90 Å². The Labute approximate surface area is 182 Å². The summed E-state index contributed by atoms with van der Waals surface area (Å²) in [7, 11) is 0. The summed E-state index contributed by atoms with van der Waals surface area (Å²) in [4.78, 5) is 43.1. The van der Waals surface area contributed by atoms with Crippen LogP contribution in [0.3, 0.4) is 0 Å². The number of aliphatic hydroxyl groups excluding tert-OH is 1. The van der Waals surface area contributed by atoms with E-state index in [1.54, 1.807) is 0 Å². The number of β-amino-alcohol motifs (C(OH)–C–C–N with tert-alkyl or cyclic N) is 1. The van der Waals surface area contributed by atoms with Gasteiger partial charge in [0.15, 0.2) is 0 Å². The lowest BCUT2D eigenvalue weighted by molar-refractivity contribution is -0.142. The fourth-order valence-corrected chi connectivity index (χ4v) is 5.73. The summed E-state index contributed by atoms with van der Waals surface area (Å²) in [5.74, 6) is -1.97. The molecule has 0 aromatic rings. The van der Waals surface area contributed by atoms with Crippen molar-refractivity contribution < 1.29 is 29.0 Å². The van der Waals surface area contributed by atoms with Crippen molar-refractivity contribution in [2.24, 2.45) is 11.8 Å². The van der Waals surface area contributed by atoms with Gasteiger partial charge in [0.05, 0.1) is 37.8 Å². The smallest absolute Gasteiger partial charge is 0.245 e. The minimum absolute atomic E-state index is 0.0515. The molecule has 4 aliphatic heterocycles. The Morgan fingerprint density at radius 1 is 1.16 bits per heavy atom. The molecular formula is C21H34N4O6. The minimum Gasteiger partial charge on any atom is -0.395 e. The molecule has 10 nitrogen and oxygen atoms in total. The van der Waals surface area contributed by atoms with Crippen molar-refractivity contribution in [1.82, 2.24) is 20.4 Å². The maximum atomic E-state index is 13.3. The molecule has 0 aliphatic carbocycles. The largest absolute Gasteiger partial charge is 0.395 e. The van der Waals surface area contributed by atoms with Crippen LogP contribution in [-0.4, -0.2) is 109 Å². The first kappa shape index (κ1) is 22.4. The molecule has 10 heteroatoms. The Kier molecular flexibility index (Phi) is 6.80. The molecule has 3 N–H and O–H groups in total. The van der Waals surface area contributed by atoms with Crippen LogP contribution in [0.4, 0.5) is 0 Å². The highest BCUT2D eigenvalue weighted by Crippen LogP contribution is 2.58.